The number of nitriles is 1. The molecule has 6 nitrogen and oxygen atoms in total. The van der Waals surface area contributed by atoms with Crippen molar-refractivity contribution >= 4 is 35.3 Å². The zero-order chi connectivity index (χ0) is 20.9. The number of anilines is 2. The molecule has 0 aliphatic carbocycles. The normalized spacial score (nSPS) is 14.2. The van der Waals surface area contributed by atoms with Gasteiger partial charge >= 0.3 is 0 Å². The number of oxazole rings is 1. The predicted octanol–water partition coefficient (Wildman–Crippen LogP) is 4.71. The lowest BCUT2D eigenvalue weighted by molar-refractivity contribution is 0.414. The van der Waals surface area contributed by atoms with Crippen LogP contribution in [0.1, 0.15) is 17.1 Å². The summed E-state index contributed by atoms with van der Waals surface area (Å²) in [7, 11) is 1.63. The van der Waals surface area contributed by atoms with Gasteiger partial charge in [-0.1, -0.05) is 29.8 Å². The van der Waals surface area contributed by atoms with Crippen LogP contribution < -0.4 is 14.5 Å². The van der Waals surface area contributed by atoms with Gasteiger partial charge in [0.05, 0.1) is 7.11 Å². The van der Waals surface area contributed by atoms with Crippen molar-refractivity contribution in [3.05, 3.63) is 70.7 Å². The van der Waals surface area contributed by atoms with Gasteiger partial charge < -0.3 is 19.0 Å². The summed E-state index contributed by atoms with van der Waals surface area (Å²) in [6, 6.07) is 17.7. The Morgan fingerprint density at radius 3 is 2.57 bits per heavy atom. The van der Waals surface area contributed by atoms with E-state index in [4.69, 9.17) is 20.8 Å². The maximum atomic E-state index is 9.51. The topological polar surface area (TPSA) is 65.5 Å². The van der Waals surface area contributed by atoms with Crippen LogP contribution in [0.15, 0.2) is 52.9 Å². The maximum Gasteiger partial charge on any atom is 0.235 e. The molecular formula is C23H21ClN4O2. The van der Waals surface area contributed by atoms with Crippen molar-refractivity contribution in [3.8, 4) is 11.8 Å². The monoisotopic (exact) mass is 420 g/mol. The number of hydrogen-bond donors (Lipinski definition) is 0. The molecule has 0 amide bonds. The van der Waals surface area contributed by atoms with E-state index in [-0.39, 0.29) is 0 Å². The molecular weight excluding hydrogens is 400 g/mol. The van der Waals surface area contributed by atoms with Gasteiger partial charge in [0.15, 0.2) is 0 Å². The molecule has 0 spiro atoms. The van der Waals surface area contributed by atoms with Crippen molar-refractivity contribution in [3.63, 3.8) is 0 Å². The Hall–Kier alpha value is -3.43. The van der Waals surface area contributed by atoms with Gasteiger partial charge in [-0.3, -0.25) is 0 Å². The second-order valence-corrected chi connectivity index (χ2v) is 7.32. The van der Waals surface area contributed by atoms with Gasteiger partial charge in [-0.15, -0.1) is 0 Å². The summed E-state index contributed by atoms with van der Waals surface area (Å²) < 4.78 is 11.2. The Kier molecular flexibility index (Phi) is 5.92. The Balaban J connectivity index is 1.47. The fourth-order valence-corrected chi connectivity index (χ4v) is 3.62. The second-order valence-electron chi connectivity index (χ2n) is 6.88. The molecule has 7 heteroatoms. The first-order valence-electron chi connectivity index (χ1n) is 9.65. The number of ether oxygens (including phenoxy) is 1. The van der Waals surface area contributed by atoms with Crippen molar-refractivity contribution < 1.29 is 9.15 Å². The average Bonchev–Trinajstić information content (AvgIpc) is 3.21. The van der Waals surface area contributed by atoms with E-state index in [1.165, 1.54) is 0 Å². The number of benzene rings is 2. The number of piperazine rings is 1. The summed E-state index contributed by atoms with van der Waals surface area (Å²) in [5, 5.41) is 10.2. The molecule has 4 rings (SSSR count). The van der Waals surface area contributed by atoms with Gasteiger partial charge in [-0.25, -0.2) is 0 Å². The predicted molar refractivity (Wildman–Crippen MR) is 119 cm³/mol. The fourth-order valence-electron chi connectivity index (χ4n) is 3.44. The molecule has 0 N–H and O–H groups in total. The lowest BCUT2D eigenvalue weighted by Gasteiger charge is -2.35. The highest BCUT2D eigenvalue weighted by molar-refractivity contribution is 6.30. The molecule has 2 heterocycles. The molecule has 0 saturated carbocycles. The van der Waals surface area contributed by atoms with E-state index in [2.05, 4.69) is 26.9 Å². The van der Waals surface area contributed by atoms with E-state index in [0.29, 0.717) is 17.5 Å². The van der Waals surface area contributed by atoms with E-state index in [0.717, 1.165) is 48.2 Å². The SMILES string of the molecule is COc1cccc(/C=C/c2nc(C#N)c(N3CCN(c4cccc(Cl)c4)CC3)o2)c1. The quantitative estimate of drug-likeness (QED) is 0.595. The molecule has 0 bridgehead atoms. The van der Waals surface area contributed by atoms with Crippen molar-refractivity contribution in [2.75, 3.05) is 43.1 Å². The first-order valence-corrected chi connectivity index (χ1v) is 10.0. The third-order valence-corrected chi connectivity index (χ3v) is 5.22. The van der Waals surface area contributed by atoms with Crippen LogP contribution in [0.4, 0.5) is 11.6 Å². The first-order chi connectivity index (χ1) is 14.7. The third kappa shape index (κ3) is 4.42. The second kappa shape index (κ2) is 8.93. The summed E-state index contributed by atoms with van der Waals surface area (Å²) in [6.07, 6.45) is 3.65. The summed E-state index contributed by atoms with van der Waals surface area (Å²) in [5.74, 6) is 1.70. The molecule has 1 saturated heterocycles. The van der Waals surface area contributed by atoms with Crippen molar-refractivity contribution in [1.82, 2.24) is 4.98 Å². The summed E-state index contributed by atoms with van der Waals surface area (Å²) >= 11 is 6.11. The van der Waals surface area contributed by atoms with Crippen molar-refractivity contribution in [1.29, 1.82) is 5.26 Å². The summed E-state index contributed by atoms with van der Waals surface area (Å²) in [4.78, 5) is 8.67. The number of rotatable bonds is 5. The van der Waals surface area contributed by atoms with Gasteiger partial charge in [0.2, 0.25) is 17.5 Å². The molecule has 0 radical (unpaired) electrons. The largest absolute Gasteiger partial charge is 0.497 e. The number of methoxy groups -OCH3 is 1. The van der Waals surface area contributed by atoms with E-state index in [1.807, 2.05) is 48.5 Å². The van der Waals surface area contributed by atoms with Crippen LogP contribution in [0.5, 0.6) is 5.75 Å². The Bertz CT molecular complexity index is 1090. The maximum absolute atomic E-state index is 9.51. The van der Waals surface area contributed by atoms with Crippen molar-refractivity contribution in [2.45, 2.75) is 0 Å². The highest BCUT2D eigenvalue weighted by Crippen LogP contribution is 2.27. The van der Waals surface area contributed by atoms with Crippen LogP contribution in [0.2, 0.25) is 5.02 Å². The minimum Gasteiger partial charge on any atom is -0.497 e. The number of halogens is 1. The molecule has 2 aromatic carbocycles. The average molecular weight is 421 g/mol. The van der Waals surface area contributed by atoms with Gasteiger partial charge in [-0.05, 0) is 42.0 Å². The van der Waals surface area contributed by atoms with Crippen molar-refractivity contribution in [2.24, 2.45) is 0 Å². The number of hydrogen-bond acceptors (Lipinski definition) is 6. The smallest absolute Gasteiger partial charge is 0.235 e. The van der Waals surface area contributed by atoms with Crippen LogP contribution in [0.3, 0.4) is 0 Å². The van der Waals surface area contributed by atoms with E-state index in [9.17, 15) is 5.26 Å². The fraction of sp³-hybridized carbons (Fsp3) is 0.217. The molecule has 1 aromatic heterocycles. The minimum atomic E-state index is 0.302. The molecule has 1 aliphatic rings. The molecule has 1 aliphatic heterocycles. The van der Waals surface area contributed by atoms with Crippen LogP contribution in [-0.2, 0) is 0 Å². The molecule has 30 heavy (non-hydrogen) atoms. The van der Waals surface area contributed by atoms with Gasteiger partial charge in [0.25, 0.3) is 0 Å². The van der Waals surface area contributed by atoms with Crippen LogP contribution >= 0.6 is 11.6 Å². The van der Waals surface area contributed by atoms with Crippen LogP contribution in [0, 0.1) is 11.3 Å². The molecule has 1 fully saturated rings. The van der Waals surface area contributed by atoms with E-state index >= 15 is 0 Å². The summed E-state index contributed by atoms with van der Waals surface area (Å²) in [5.41, 5.74) is 2.36. The van der Waals surface area contributed by atoms with E-state index in [1.54, 1.807) is 13.2 Å². The molecule has 152 valence electrons. The van der Waals surface area contributed by atoms with Gasteiger partial charge in [-0.2, -0.15) is 10.2 Å². The Morgan fingerprint density at radius 2 is 1.83 bits per heavy atom. The zero-order valence-corrected chi connectivity index (χ0v) is 17.3. The molecule has 3 aromatic rings. The number of nitrogens with zero attached hydrogens (tertiary/aromatic N) is 4. The zero-order valence-electron chi connectivity index (χ0n) is 16.6. The highest BCUT2D eigenvalue weighted by atomic mass is 35.5. The molecule has 0 unspecified atom stereocenters. The highest BCUT2D eigenvalue weighted by Gasteiger charge is 2.24. The standard InChI is InChI=1S/C23H21ClN4O2/c1-29-20-7-2-4-17(14-20)8-9-22-26-21(16-25)23(30-22)28-12-10-27(11-13-28)19-6-3-5-18(24)15-19/h2-9,14-15H,10-13H2,1H3/b9-8+. The summed E-state index contributed by atoms with van der Waals surface area (Å²) in [6.45, 7) is 3.08. The molecule has 0 atom stereocenters. The lowest BCUT2D eigenvalue weighted by atomic mass is 10.2. The third-order valence-electron chi connectivity index (χ3n) is 4.98. The first kappa shape index (κ1) is 19.9. The van der Waals surface area contributed by atoms with Crippen LogP contribution in [0.25, 0.3) is 12.2 Å². The van der Waals surface area contributed by atoms with E-state index < -0.39 is 0 Å². The van der Waals surface area contributed by atoms with Crippen LogP contribution in [-0.4, -0.2) is 38.3 Å². The number of aromatic nitrogens is 1. The lowest BCUT2D eigenvalue weighted by Crippen LogP contribution is -2.46. The Morgan fingerprint density at radius 1 is 1.07 bits per heavy atom. The van der Waals surface area contributed by atoms with Gasteiger partial charge in [0.1, 0.15) is 11.8 Å². The van der Waals surface area contributed by atoms with Gasteiger partial charge in [0, 0.05) is 43.0 Å². The Labute approximate surface area is 180 Å². The minimum absolute atomic E-state index is 0.302.